The number of hydrogen-bond donors (Lipinski definition) is 2. The monoisotopic (exact) mass is 514 g/mol. The van der Waals surface area contributed by atoms with Crippen LogP contribution in [0.4, 0.5) is 4.79 Å². The van der Waals surface area contributed by atoms with Gasteiger partial charge in [0.25, 0.3) is 0 Å². The molecule has 0 saturated carbocycles. The molecule has 0 bridgehead atoms. The fraction of sp³-hybridized carbons (Fsp3) is 0.545. The van der Waals surface area contributed by atoms with Gasteiger partial charge in [-0.15, -0.1) is 0 Å². The Kier molecular flexibility index (Phi) is 9.76. The third-order valence-corrected chi connectivity index (χ3v) is 2.15. The van der Waals surface area contributed by atoms with Crippen LogP contribution in [0.3, 0.4) is 0 Å². The van der Waals surface area contributed by atoms with Gasteiger partial charge in [0.1, 0.15) is 6.61 Å². The fourth-order valence-electron chi connectivity index (χ4n) is 1.19. The first kappa shape index (κ1) is 18.3. The normalized spacial score (nSPS) is 10.6. The zero-order chi connectivity index (χ0) is 14.0. The second-order valence-electron chi connectivity index (χ2n) is 3.57. The first-order chi connectivity index (χ1) is 8.52. The zero-order valence-electron chi connectivity index (χ0n) is 10.5. The SMILES string of the molecule is C=CCOC(=O)N(C)CCCC(N[C-]=O)C(=O)O.[Fm]. The molecule has 0 radical (unpaired) electrons. The molecule has 0 aromatic carbocycles. The minimum absolute atomic E-state index is 0. The molecule has 114 valence electrons. The summed E-state index contributed by atoms with van der Waals surface area (Å²) in [5.74, 6) is -1.13. The van der Waals surface area contributed by atoms with Crippen LogP contribution < -0.4 is 5.32 Å². The van der Waals surface area contributed by atoms with Crippen molar-refractivity contribution in [2.45, 2.75) is 18.9 Å². The van der Waals surface area contributed by atoms with Crippen molar-refractivity contribution in [1.82, 2.24) is 10.2 Å². The minimum atomic E-state index is -1.13. The minimum Gasteiger partial charge on any atom is -0.520 e. The quantitative estimate of drug-likeness (QED) is 0.259. The van der Waals surface area contributed by atoms with Gasteiger partial charge in [-0.1, -0.05) is 12.7 Å². The van der Waals surface area contributed by atoms with Crippen LogP contribution in [0.5, 0.6) is 0 Å². The van der Waals surface area contributed by atoms with Gasteiger partial charge in [0, 0.05) is 13.6 Å². The molecule has 19 heavy (non-hydrogen) atoms. The second kappa shape index (κ2) is 10.1. The van der Waals surface area contributed by atoms with E-state index < -0.39 is 18.1 Å². The van der Waals surface area contributed by atoms with Gasteiger partial charge in [-0.2, -0.15) is 6.41 Å². The number of carbonyl (C=O) groups excluding carboxylic acids is 2. The van der Waals surface area contributed by atoms with Gasteiger partial charge in [0.05, 0.1) is 6.04 Å². The van der Waals surface area contributed by atoms with Crippen LogP contribution >= 0.6 is 0 Å². The number of carboxylic acids is 1. The van der Waals surface area contributed by atoms with Gasteiger partial charge in [-0.25, -0.2) is 4.79 Å². The molecule has 0 aromatic rings. The van der Waals surface area contributed by atoms with Gasteiger partial charge >= 0.3 is 12.1 Å². The first-order valence-corrected chi connectivity index (χ1v) is 5.37. The van der Waals surface area contributed by atoms with E-state index >= 15 is 0 Å². The maximum absolute atomic E-state index is 11.3. The van der Waals surface area contributed by atoms with E-state index in [9.17, 15) is 14.4 Å². The molecule has 0 heterocycles. The summed E-state index contributed by atoms with van der Waals surface area (Å²) >= 11 is 0. The summed E-state index contributed by atoms with van der Waals surface area (Å²) in [5.41, 5.74) is 0. The van der Waals surface area contributed by atoms with Crippen molar-refractivity contribution in [1.29, 1.82) is 0 Å². The summed E-state index contributed by atoms with van der Waals surface area (Å²) in [7, 11) is 1.54. The number of carbonyl (C=O) groups is 2. The Labute approximate surface area is 105 Å². The van der Waals surface area contributed by atoms with Crippen molar-refractivity contribution in [2.24, 2.45) is 0 Å². The summed E-state index contributed by atoms with van der Waals surface area (Å²) in [4.78, 5) is 33.4. The number of nitrogens with zero attached hydrogens (tertiary/aromatic N) is 1. The van der Waals surface area contributed by atoms with E-state index in [4.69, 9.17) is 9.84 Å². The Balaban J connectivity index is 0. The van der Waals surface area contributed by atoms with Crippen molar-refractivity contribution in [3.63, 3.8) is 0 Å². The molecule has 2 N–H and O–H groups in total. The van der Waals surface area contributed by atoms with E-state index in [1.54, 1.807) is 7.05 Å². The maximum Gasteiger partial charge on any atom is 0.409 e. The fourth-order valence-corrected chi connectivity index (χ4v) is 1.19. The number of amides is 2. The Hall–Kier alpha value is -3.05. The summed E-state index contributed by atoms with van der Waals surface area (Å²) in [5, 5.41) is 10.8. The van der Waals surface area contributed by atoms with Crippen molar-refractivity contribution >= 4 is 18.5 Å². The van der Waals surface area contributed by atoms with E-state index in [1.807, 2.05) is 0 Å². The van der Waals surface area contributed by atoms with Crippen LogP contribution in [0, 0.1) is 0 Å². The molecular weight excluding hydrogens is 497 g/mol. The van der Waals surface area contributed by atoms with Gasteiger partial charge in [0.2, 0.25) is 0 Å². The molecule has 7 nitrogen and oxygen atoms in total. The third kappa shape index (κ3) is 7.78. The first-order valence-electron chi connectivity index (χ1n) is 5.37. The molecular formula is C11H17FmN2O5-. The van der Waals surface area contributed by atoms with E-state index in [1.165, 1.54) is 17.4 Å². The predicted molar refractivity (Wildman–Crippen MR) is 63.7 cm³/mol. The standard InChI is InChI=1S/C11H17N2O5.Fm/c1-3-7-18-11(17)13(2)6-4-5-9(10(15)16)12-8-14;/h3,9H,1,4-7H2,2H3,(H,12,14)(H,15,16);/q-1;. The molecule has 0 aliphatic rings. The third-order valence-electron chi connectivity index (χ3n) is 2.15. The molecule has 0 saturated heterocycles. The van der Waals surface area contributed by atoms with Crippen LogP contribution in [0.2, 0.25) is 0 Å². The molecule has 0 rings (SSSR count). The number of hydrogen-bond acceptors (Lipinski definition) is 4. The number of nitrogens with one attached hydrogen (secondary N) is 1. The van der Waals surface area contributed by atoms with Crippen LogP contribution in [0.25, 0.3) is 0 Å². The predicted octanol–water partition coefficient (Wildman–Crippen LogP) is 0.131. The van der Waals surface area contributed by atoms with E-state index in [-0.39, 0.29) is 13.0 Å². The largest absolute Gasteiger partial charge is 0.520 e. The molecule has 1 unspecified atom stereocenters. The molecule has 8 heteroatoms. The van der Waals surface area contributed by atoms with Crippen molar-refractivity contribution in [2.75, 3.05) is 20.2 Å². The molecule has 0 aliphatic carbocycles. The second-order valence-corrected chi connectivity index (χ2v) is 3.57. The van der Waals surface area contributed by atoms with Crippen LogP contribution in [0.1, 0.15) is 12.8 Å². The van der Waals surface area contributed by atoms with E-state index in [2.05, 4.69) is 11.9 Å². The smallest absolute Gasteiger partial charge is 0.409 e. The van der Waals surface area contributed by atoms with Crippen molar-refractivity contribution in [3.05, 3.63) is 12.7 Å². The molecule has 2 amide bonds. The van der Waals surface area contributed by atoms with Crippen molar-refractivity contribution in [3.8, 4) is 0 Å². The van der Waals surface area contributed by atoms with Gasteiger partial charge in [-0.05, 0) is 12.8 Å². The van der Waals surface area contributed by atoms with E-state index in [0.29, 0.717) is 13.0 Å². The Morgan fingerprint density at radius 1 is 1.58 bits per heavy atom. The molecule has 0 aromatic heterocycles. The Bertz CT molecular complexity index is 311. The van der Waals surface area contributed by atoms with Gasteiger partial charge < -0.3 is 24.9 Å². The Morgan fingerprint density at radius 3 is 2.68 bits per heavy atom. The summed E-state index contributed by atoms with van der Waals surface area (Å²) in [6.45, 7) is 3.87. The number of carboxylic acid groups (broad SMARTS) is 1. The van der Waals surface area contributed by atoms with Gasteiger partial charge in [-0.3, -0.25) is 4.79 Å². The van der Waals surface area contributed by atoms with Gasteiger partial charge in [0.15, 0.2) is 0 Å². The average molecular weight is 514 g/mol. The van der Waals surface area contributed by atoms with E-state index in [0.717, 1.165) is 0 Å². The van der Waals surface area contributed by atoms with Crippen LogP contribution in [-0.4, -0.2) is 54.7 Å². The average Bonchev–Trinajstić information content (AvgIpc) is 2.34. The topological polar surface area (TPSA) is 95.9 Å². The maximum atomic E-state index is 11.3. The molecule has 0 aliphatic heterocycles. The summed E-state index contributed by atoms with van der Waals surface area (Å²) in [6, 6.07) is -0.986. The number of ether oxygens (including phenoxy) is 1. The molecule has 0 fully saturated rings. The summed E-state index contributed by atoms with van der Waals surface area (Å²) in [6.07, 6.45) is 2.93. The zero-order valence-corrected chi connectivity index (χ0v) is 12.9. The molecule has 0 spiro atoms. The number of rotatable bonds is 9. The summed E-state index contributed by atoms with van der Waals surface area (Å²) < 4.78 is 4.78. The van der Waals surface area contributed by atoms with Crippen LogP contribution in [0.15, 0.2) is 12.7 Å². The van der Waals surface area contributed by atoms with Crippen LogP contribution in [-0.2, 0) is 14.3 Å². The molecule has 1 atom stereocenters. The Morgan fingerprint density at radius 2 is 2.21 bits per heavy atom. The number of aliphatic carboxylic acids is 1. The van der Waals surface area contributed by atoms with Crippen molar-refractivity contribution < 1.29 is 24.2 Å².